The molecule has 2 aliphatic rings. The van der Waals surface area contributed by atoms with E-state index >= 15 is 0 Å². The number of halogens is 1. The lowest BCUT2D eigenvalue weighted by molar-refractivity contribution is -0.124. The molecule has 0 aromatic heterocycles. The monoisotopic (exact) mass is 377 g/mol. The molecule has 1 aliphatic carbocycles. The highest BCUT2D eigenvalue weighted by Crippen LogP contribution is 2.27. The predicted molar refractivity (Wildman–Crippen MR) is 95.7 cm³/mol. The molecule has 0 saturated carbocycles. The maximum Gasteiger partial charge on any atom is 0.226 e. The molecule has 4 nitrogen and oxygen atoms in total. The van der Waals surface area contributed by atoms with Gasteiger partial charge in [-0.25, -0.2) is 5.43 Å². The number of hydrazine groups is 1. The van der Waals surface area contributed by atoms with Gasteiger partial charge in [-0.05, 0) is 49.8 Å². The third kappa shape index (κ3) is 4.43. The van der Waals surface area contributed by atoms with Crippen molar-refractivity contribution in [2.24, 2.45) is 5.92 Å². The summed E-state index contributed by atoms with van der Waals surface area (Å²) in [4.78, 5) is 12.5. The Labute approximate surface area is 146 Å². The Morgan fingerprint density at radius 3 is 3.04 bits per heavy atom. The van der Waals surface area contributed by atoms with Gasteiger partial charge in [-0.2, -0.15) is 0 Å². The lowest BCUT2D eigenvalue weighted by Gasteiger charge is -2.19. The molecule has 0 spiro atoms. The van der Waals surface area contributed by atoms with E-state index in [1.165, 1.54) is 31.3 Å². The van der Waals surface area contributed by atoms with Gasteiger partial charge in [-0.15, -0.1) is 0 Å². The van der Waals surface area contributed by atoms with Crippen molar-refractivity contribution >= 4 is 21.8 Å². The van der Waals surface area contributed by atoms with Gasteiger partial charge in [0.25, 0.3) is 0 Å². The van der Waals surface area contributed by atoms with Gasteiger partial charge in [0.15, 0.2) is 0 Å². The molecule has 124 valence electrons. The highest BCUT2D eigenvalue weighted by molar-refractivity contribution is 9.10. The molecule has 1 aromatic carbocycles. The van der Waals surface area contributed by atoms with Crippen molar-refractivity contribution in [3.05, 3.63) is 46.0 Å². The second-order valence-electron chi connectivity index (χ2n) is 6.31. The van der Waals surface area contributed by atoms with E-state index in [4.69, 9.17) is 0 Å². The topological polar surface area (TPSA) is 53.2 Å². The van der Waals surface area contributed by atoms with Gasteiger partial charge in [0, 0.05) is 17.6 Å². The molecule has 1 heterocycles. The van der Waals surface area contributed by atoms with Crippen LogP contribution in [0, 0.1) is 5.92 Å². The van der Waals surface area contributed by atoms with Crippen LogP contribution in [-0.2, 0) is 4.79 Å². The number of amides is 1. The van der Waals surface area contributed by atoms with Crippen molar-refractivity contribution < 1.29 is 4.79 Å². The number of rotatable bonds is 5. The van der Waals surface area contributed by atoms with Gasteiger partial charge in [0.05, 0.1) is 12.0 Å². The molecule has 2 atom stereocenters. The van der Waals surface area contributed by atoms with E-state index in [-0.39, 0.29) is 17.9 Å². The summed E-state index contributed by atoms with van der Waals surface area (Å²) in [6.45, 7) is 1.40. The number of carbonyl (C=O) groups excluding carboxylic acids is 1. The molecule has 0 radical (unpaired) electrons. The Balaban J connectivity index is 1.54. The number of nitrogens with one attached hydrogen (secondary N) is 3. The van der Waals surface area contributed by atoms with Crippen LogP contribution >= 0.6 is 15.9 Å². The number of allylic oxidation sites excluding steroid dienone is 1. The van der Waals surface area contributed by atoms with E-state index in [0.717, 1.165) is 23.0 Å². The molecular weight excluding hydrogens is 354 g/mol. The van der Waals surface area contributed by atoms with Crippen molar-refractivity contribution in [2.45, 2.75) is 38.1 Å². The molecule has 5 heteroatoms. The van der Waals surface area contributed by atoms with Gasteiger partial charge in [0.1, 0.15) is 0 Å². The molecule has 23 heavy (non-hydrogen) atoms. The lowest BCUT2D eigenvalue weighted by atomic mass is 9.94. The Morgan fingerprint density at radius 1 is 1.35 bits per heavy atom. The summed E-state index contributed by atoms with van der Waals surface area (Å²) in [6.07, 6.45) is 8.33. The molecule has 1 aliphatic heterocycles. The SMILES string of the molecule is O=C(NCCC1=CCCCC1)C1CNNC1c1cccc(Br)c1. The Hall–Kier alpha value is -1.17. The van der Waals surface area contributed by atoms with E-state index in [1.807, 2.05) is 12.1 Å². The average molecular weight is 378 g/mol. The summed E-state index contributed by atoms with van der Waals surface area (Å²) >= 11 is 3.50. The zero-order chi connectivity index (χ0) is 16.1. The van der Waals surface area contributed by atoms with Gasteiger partial charge in [-0.3, -0.25) is 10.2 Å². The van der Waals surface area contributed by atoms with Crippen LogP contribution in [0.3, 0.4) is 0 Å². The summed E-state index contributed by atoms with van der Waals surface area (Å²) in [5, 5.41) is 3.11. The molecule has 1 amide bonds. The molecule has 3 N–H and O–H groups in total. The van der Waals surface area contributed by atoms with Crippen molar-refractivity contribution in [2.75, 3.05) is 13.1 Å². The maximum atomic E-state index is 12.5. The summed E-state index contributed by atoms with van der Waals surface area (Å²) in [5.74, 6) is 0.0496. The zero-order valence-corrected chi connectivity index (χ0v) is 14.9. The minimum atomic E-state index is -0.0790. The summed E-state index contributed by atoms with van der Waals surface area (Å²) in [5.41, 5.74) is 8.98. The van der Waals surface area contributed by atoms with Crippen LogP contribution in [0.2, 0.25) is 0 Å². The van der Waals surface area contributed by atoms with Gasteiger partial charge in [0.2, 0.25) is 5.91 Å². The minimum Gasteiger partial charge on any atom is -0.355 e. The fourth-order valence-electron chi connectivity index (χ4n) is 3.37. The maximum absolute atomic E-state index is 12.5. The van der Waals surface area contributed by atoms with Crippen molar-refractivity contribution in [1.29, 1.82) is 0 Å². The Bertz CT molecular complexity index is 587. The van der Waals surface area contributed by atoms with Crippen LogP contribution in [0.5, 0.6) is 0 Å². The first-order valence-electron chi connectivity index (χ1n) is 8.43. The van der Waals surface area contributed by atoms with Crippen molar-refractivity contribution in [3.8, 4) is 0 Å². The first kappa shape index (κ1) is 16.7. The average Bonchev–Trinajstić information content (AvgIpc) is 3.05. The molecule has 1 fully saturated rings. The quantitative estimate of drug-likeness (QED) is 0.690. The number of benzene rings is 1. The Kier molecular flexibility index (Phi) is 5.86. The summed E-state index contributed by atoms with van der Waals surface area (Å²) < 4.78 is 1.03. The molecule has 2 unspecified atom stereocenters. The third-order valence-electron chi connectivity index (χ3n) is 4.66. The first-order chi connectivity index (χ1) is 11.2. The standard InChI is InChI=1S/C18H24BrN3O/c19-15-8-4-7-14(11-15)17-16(12-21-22-17)18(23)20-10-9-13-5-2-1-3-6-13/h4-5,7-8,11,16-17,21-22H,1-3,6,9-10,12H2,(H,20,23). The molecular formula is C18H24BrN3O. The van der Waals surface area contributed by atoms with E-state index in [2.05, 4.69) is 50.3 Å². The smallest absolute Gasteiger partial charge is 0.226 e. The highest BCUT2D eigenvalue weighted by Gasteiger charge is 2.33. The van der Waals surface area contributed by atoms with Gasteiger partial charge >= 0.3 is 0 Å². The fourth-order valence-corrected chi connectivity index (χ4v) is 3.78. The van der Waals surface area contributed by atoms with Crippen LogP contribution in [0.4, 0.5) is 0 Å². The zero-order valence-electron chi connectivity index (χ0n) is 13.3. The van der Waals surface area contributed by atoms with E-state index in [0.29, 0.717) is 6.54 Å². The Morgan fingerprint density at radius 2 is 2.26 bits per heavy atom. The normalized spacial score (nSPS) is 24.3. The number of hydrogen-bond acceptors (Lipinski definition) is 3. The van der Waals surface area contributed by atoms with Crippen LogP contribution in [-0.4, -0.2) is 19.0 Å². The predicted octanol–water partition coefficient (Wildman–Crippen LogP) is 3.22. The van der Waals surface area contributed by atoms with Crippen LogP contribution < -0.4 is 16.2 Å². The van der Waals surface area contributed by atoms with Crippen LogP contribution in [0.25, 0.3) is 0 Å². The van der Waals surface area contributed by atoms with E-state index < -0.39 is 0 Å². The second-order valence-corrected chi connectivity index (χ2v) is 7.23. The summed E-state index contributed by atoms with van der Waals surface area (Å²) in [7, 11) is 0. The largest absolute Gasteiger partial charge is 0.355 e. The summed E-state index contributed by atoms with van der Waals surface area (Å²) in [6, 6.07) is 8.14. The van der Waals surface area contributed by atoms with Gasteiger partial charge in [-0.1, -0.05) is 39.7 Å². The molecule has 0 bridgehead atoms. The molecule has 3 rings (SSSR count). The number of carbonyl (C=O) groups is 1. The van der Waals surface area contributed by atoms with E-state index in [9.17, 15) is 4.79 Å². The van der Waals surface area contributed by atoms with Crippen molar-refractivity contribution in [3.63, 3.8) is 0 Å². The lowest BCUT2D eigenvalue weighted by Crippen LogP contribution is -2.35. The number of hydrogen-bond donors (Lipinski definition) is 3. The third-order valence-corrected chi connectivity index (χ3v) is 5.15. The van der Waals surface area contributed by atoms with E-state index in [1.54, 1.807) is 0 Å². The highest BCUT2D eigenvalue weighted by atomic mass is 79.9. The van der Waals surface area contributed by atoms with Crippen molar-refractivity contribution in [1.82, 2.24) is 16.2 Å². The molecule has 1 saturated heterocycles. The fraction of sp³-hybridized carbons (Fsp3) is 0.500. The first-order valence-corrected chi connectivity index (χ1v) is 9.23. The molecule has 1 aromatic rings. The minimum absolute atomic E-state index is 0.0152. The van der Waals surface area contributed by atoms with Crippen LogP contribution in [0.15, 0.2) is 40.4 Å². The second kappa shape index (κ2) is 8.08. The van der Waals surface area contributed by atoms with Crippen LogP contribution in [0.1, 0.15) is 43.7 Å². The van der Waals surface area contributed by atoms with Gasteiger partial charge < -0.3 is 5.32 Å².